The lowest BCUT2D eigenvalue weighted by molar-refractivity contribution is 0.149. The first-order valence-corrected chi connectivity index (χ1v) is 13.8. The van der Waals surface area contributed by atoms with Gasteiger partial charge in [-0.2, -0.15) is 0 Å². The Balaban J connectivity index is 1.18. The summed E-state index contributed by atoms with van der Waals surface area (Å²) in [7, 11) is 0. The van der Waals surface area contributed by atoms with Crippen LogP contribution in [0.15, 0.2) is 48.8 Å². The molecular weight excluding hydrogens is 480 g/mol. The summed E-state index contributed by atoms with van der Waals surface area (Å²) in [4.78, 5) is 15.4. The first kappa shape index (κ1) is 23.2. The number of nitrogens with one attached hydrogen (secondary N) is 3. The Morgan fingerprint density at radius 3 is 2.84 bits per heavy atom. The standard InChI is InChI=1S/C30H33ClN6/c1-18-3-6-24-25(13-32-27(24)9-18)28-26(31)14-33-29(35-28)34-23-11-20(10-22(12-23)21-4-5-21)16-37-15-19(2)36-30(17-37)7-8-30/h3,6,9-14,19,21,32,36H,4-5,7-8,15-17H2,1-2H3,(H,33,34,35)/t19-/m1/s1. The van der Waals surface area contributed by atoms with Crippen molar-refractivity contribution in [2.24, 2.45) is 0 Å². The Kier molecular flexibility index (Phi) is 5.54. The number of anilines is 2. The molecule has 2 saturated carbocycles. The Morgan fingerprint density at radius 1 is 1.16 bits per heavy atom. The second-order valence-corrected chi connectivity index (χ2v) is 11.9. The summed E-state index contributed by atoms with van der Waals surface area (Å²) in [5, 5.41) is 8.97. The molecule has 3 aliphatic rings. The van der Waals surface area contributed by atoms with E-state index >= 15 is 0 Å². The van der Waals surface area contributed by atoms with Gasteiger partial charge in [0, 0.05) is 59.6 Å². The molecule has 2 aromatic heterocycles. The highest BCUT2D eigenvalue weighted by molar-refractivity contribution is 6.33. The number of rotatable bonds is 6. The highest BCUT2D eigenvalue weighted by atomic mass is 35.5. The van der Waals surface area contributed by atoms with Crippen LogP contribution in [0.2, 0.25) is 5.02 Å². The lowest BCUT2D eigenvalue weighted by Gasteiger charge is -2.38. The fourth-order valence-corrected chi connectivity index (χ4v) is 6.23. The topological polar surface area (TPSA) is 68.9 Å². The number of benzene rings is 2. The minimum absolute atomic E-state index is 0.363. The fourth-order valence-electron chi connectivity index (χ4n) is 6.04. The molecule has 6 nitrogen and oxygen atoms in total. The molecule has 2 aromatic carbocycles. The van der Waals surface area contributed by atoms with Gasteiger partial charge in [0.25, 0.3) is 0 Å². The van der Waals surface area contributed by atoms with E-state index in [2.05, 4.69) is 75.7 Å². The lowest BCUT2D eigenvalue weighted by Crippen LogP contribution is -2.56. The largest absolute Gasteiger partial charge is 0.360 e. The van der Waals surface area contributed by atoms with Crippen LogP contribution >= 0.6 is 11.6 Å². The first-order chi connectivity index (χ1) is 17.9. The maximum atomic E-state index is 6.59. The number of hydrogen-bond acceptors (Lipinski definition) is 5. The average Bonchev–Trinajstić information content (AvgIpc) is 3.79. The third kappa shape index (κ3) is 4.74. The average molecular weight is 513 g/mol. The molecule has 7 rings (SSSR count). The molecule has 1 atom stereocenters. The van der Waals surface area contributed by atoms with Gasteiger partial charge in [0.1, 0.15) is 0 Å². The van der Waals surface area contributed by atoms with Crippen LogP contribution < -0.4 is 10.6 Å². The zero-order chi connectivity index (χ0) is 25.1. The number of fused-ring (bicyclic) bond motifs is 1. The zero-order valence-corrected chi connectivity index (χ0v) is 22.2. The number of H-pyrrole nitrogens is 1. The van der Waals surface area contributed by atoms with Gasteiger partial charge in [-0.05, 0) is 80.3 Å². The molecule has 0 unspecified atom stereocenters. The molecule has 0 bridgehead atoms. The van der Waals surface area contributed by atoms with E-state index in [1.807, 2.05) is 6.20 Å². The van der Waals surface area contributed by atoms with Crippen LogP contribution in [0.3, 0.4) is 0 Å². The third-order valence-electron chi connectivity index (χ3n) is 8.03. The number of aromatic amines is 1. The summed E-state index contributed by atoms with van der Waals surface area (Å²) >= 11 is 6.59. The van der Waals surface area contributed by atoms with Crippen molar-refractivity contribution < 1.29 is 0 Å². The molecule has 1 saturated heterocycles. The molecule has 1 aliphatic heterocycles. The van der Waals surface area contributed by atoms with Crippen LogP contribution in [0, 0.1) is 6.92 Å². The van der Waals surface area contributed by atoms with Gasteiger partial charge in [-0.25, -0.2) is 9.97 Å². The molecule has 2 aliphatic carbocycles. The Morgan fingerprint density at radius 2 is 2.03 bits per heavy atom. The molecular formula is C30H33ClN6. The molecule has 37 heavy (non-hydrogen) atoms. The fraction of sp³-hybridized carbons (Fsp3) is 0.400. The molecule has 4 aromatic rings. The van der Waals surface area contributed by atoms with Crippen molar-refractivity contribution in [3.05, 3.63) is 70.5 Å². The van der Waals surface area contributed by atoms with Crippen molar-refractivity contribution in [3.63, 3.8) is 0 Å². The molecule has 3 fully saturated rings. The van der Waals surface area contributed by atoms with Crippen LogP contribution in [0.25, 0.3) is 22.2 Å². The predicted octanol–water partition coefficient (Wildman–Crippen LogP) is 6.53. The summed E-state index contributed by atoms with van der Waals surface area (Å²) in [6.07, 6.45) is 8.83. The van der Waals surface area contributed by atoms with E-state index in [1.165, 1.54) is 42.4 Å². The van der Waals surface area contributed by atoms with E-state index in [-0.39, 0.29) is 0 Å². The number of halogens is 1. The summed E-state index contributed by atoms with van der Waals surface area (Å²) in [6.45, 7) is 7.61. The van der Waals surface area contributed by atoms with Crippen molar-refractivity contribution >= 4 is 34.1 Å². The quantitative estimate of drug-likeness (QED) is 0.274. The first-order valence-electron chi connectivity index (χ1n) is 13.4. The van der Waals surface area contributed by atoms with Gasteiger partial charge >= 0.3 is 0 Å². The summed E-state index contributed by atoms with van der Waals surface area (Å²) in [5.74, 6) is 1.24. The summed E-state index contributed by atoms with van der Waals surface area (Å²) in [5.41, 5.74) is 8.20. The minimum atomic E-state index is 0.363. The predicted molar refractivity (Wildman–Crippen MR) is 151 cm³/mol. The van der Waals surface area contributed by atoms with Crippen molar-refractivity contribution in [2.45, 2.75) is 63.6 Å². The molecule has 3 heterocycles. The summed E-state index contributed by atoms with van der Waals surface area (Å²) < 4.78 is 0. The second kappa shape index (κ2) is 8.83. The third-order valence-corrected chi connectivity index (χ3v) is 8.30. The number of aromatic nitrogens is 3. The zero-order valence-electron chi connectivity index (χ0n) is 21.4. The minimum Gasteiger partial charge on any atom is -0.360 e. The number of aryl methyl sites for hydroxylation is 1. The van der Waals surface area contributed by atoms with Crippen LogP contribution in [-0.2, 0) is 6.54 Å². The van der Waals surface area contributed by atoms with E-state index in [0.717, 1.165) is 47.5 Å². The highest BCUT2D eigenvalue weighted by Crippen LogP contribution is 2.42. The van der Waals surface area contributed by atoms with Gasteiger partial charge < -0.3 is 15.6 Å². The Bertz CT molecular complexity index is 1480. The SMILES string of the molecule is Cc1ccc2c(-c3nc(Nc4cc(CN5C[C@@H](C)NC6(CC6)C5)cc(C5CC5)c4)ncc3Cl)c[nH]c2c1. The number of nitrogens with zero attached hydrogens (tertiary/aromatic N) is 3. The van der Waals surface area contributed by atoms with E-state index < -0.39 is 0 Å². The van der Waals surface area contributed by atoms with Gasteiger partial charge in [0.15, 0.2) is 0 Å². The van der Waals surface area contributed by atoms with E-state index in [0.29, 0.717) is 28.5 Å². The molecule has 190 valence electrons. The maximum absolute atomic E-state index is 6.59. The Hall–Kier alpha value is -2.93. The van der Waals surface area contributed by atoms with Crippen molar-refractivity contribution in [1.29, 1.82) is 0 Å². The Labute approximate surface area is 222 Å². The van der Waals surface area contributed by atoms with Crippen LogP contribution in [-0.4, -0.2) is 44.5 Å². The lowest BCUT2D eigenvalue weighted by atomic mass is 10.0. The van der Waals surface area contributed by atoms with Gasteiger partial charge in [-0.1, -0.05) is 29.8 Å². The second-order valence-electron chi connectivity index (χ2n) is 11.5. The summed E-state index contributed by atoms with van der Waals surface area (Å²) in [6, 6.07) is 13.9. The van der Waals surface area contributed by atoms with Crippen LogP contribution in [0.1, 0.15) is 55.2 Å². The maximum Gasteiger partial charge on any atom is 0.227 e. The highest BCUT2D eigenvalue weighted by Gasteiger charge is 2.47. The molecule has 3 N–H and O–H groups in total. The van der Waals surface area contributed by atoms with Gasteiger partial charge in [-0.3, -0.25) is 4.90 Å². The number of piperazine rings is 1. The van der Waals surface area contributed by atoms with E-state index in [9.17, 15) is 0 Å². The van der Waals surface area contributed by atoms with Gasteiger partial charge in [0.2, 0.25) is 5.95 Å². The van der Waals surface area contributed by atoms with Crippen molar-refractivity contribution in [3.8, 4) is 11.3 Å². The van der Waals surface area contributed by atoms with Crippen molar-refractivity contribution in [1.82, 2.24) is 25.2 Å². The van der Waals surface area contributed by atoms with Crippen LogP contribution in [0.4, 0.5) is 11.6 Å². The van der Waals surface area contributed by atoms with Gasteiger partial charge in [-0.15, -0.1) is 0 Å². The number of hydrogen-bond donors (Lipinski definition) is 3. The van der Waals surface area contributed by atoms with Gasteiger partial charge in [0.05, 0.1) is 16.9 Å². The monoisotopic (exact) mass is 512 g/mol. The van der Waals surface area contributed by atoms with Crippen LogP contribution in [0.5, 0.6) is 0 Å². The molecule has 0 radical (unpaired) electrons. The molecule has 1 spiro atoms. The normalized spacial score (nSPS) is 21.0. The van der Waals surface area contributed by atoms with Crippen molar-refractivity contribution in [2.75, 3.05) is 18.4 Å². The smallest absolute Gasteiger partial charge is 0.227 e. The molecule has 0 amide bonds. The van der Waals surface area contributed by atoms with E-state index in [1.54, 1.807) is 6.20 Å². The van der Waals surface area contributed by atoms with E-state index in [4.69, 9.17) is 16.6 Å². The molecule has 7 heteroatoms.